The van der Waals surface area contributed by atoms with Crippen LogP contribution in [0.2, 0.25) is 0 Å². The van der Waals surface area contributed by atoms with Crippen molar-refractivity contribution in [1.29, 1.82) is 0 Å². The van der Waals surface area contributed by atoms with Crippen LogP contribution in [0.15, 0.2) is 53.3 Å². The maximum Gasteiger partial charge on any atom is 0.387 e. The molecule has 0 saturated carbocycles. The van der Waals surface area contributed by atoms with Crippen molar-refractivity contribution in [2.45, 2.75) is 25.7 Å². The third kappa shape index (κ3) is 4.25. The van der Waals surface area contributed by atoms with Crippen molar-refractivity contribution in [3.8, 4) is 11.4 Å². The molecule has 2 aromatic carbocycles. The number of aromatic nitrogens is 3. The number of rotatable bonds is 7. The Labute approximate surface area is 170 Å². The van der Waals surface area contributed by atoms with Gasteiger partial charge in [0.05, 0.1) is 12.2 Å². The summed E-state index contributed by atoms with van der Waals surface area (Å²) in [5.74, 6) is 0.525. The van der Waals surface area contributed by atoms with Crippen LogP contribution in [0.5, 0.6) is 5.75 Å². The van der Waals surface area contributed by atoms with Gasteiger partial charge in [0.25, 0.3) is 0 Å². The van der Waals surface area contributed by atoms with Crippen molar-refractivity contribution < 1.29 is 18.6 Å². The lowest BCUT2D eigenvalue weighted by molar-refractivity contribution is -0.0498. The lowest BCUT2D eigenvalue weighted by atomic mass is 10.0. The molecule has 8 nitrogen and oxygen atoms in total. The maximum atomic E-state index is 12.9. The van der Waals surface area contributed by atoms with Gasteiger partial charge in [0.15, 0.2) is 5.82 Å². The number of nitrogens with one attached hydrogen (secondary N) is 2. The molecular weight excluding hydrogens is 396 g/mol. The highest BCUT2D eigenvalue weighted by molar-refractivity contribution is 5.36. The van der Waals surface area contributed by atoms with E-state index in [2.05, 4.69) is 20.7 Å². The number of ether oxygens (including phenoxy) is 1. The summed E-state index contributed by atoms with van der Waals surface area (Å²) in [5.41, 5.74) is 8.02. The molecule has 3 aromatic rings. The van der Waals surface area contributed by atoms with Crippen LogP contribution in [0.25, 0.3) is 5.69 Å². The van der Waals surface area contributed by atoms with E-state index in [0.29, 0.717) is 17.2 Å². The minimum absolute atomic E-state index is 0.0000274. The Hall–Kier alpha value is -3.08. The number of alkyl halides is 2. The molecule has 0 amide bonds. The third-order valence-corrected chi connectivity index (χ3v) is 4.98. The molecule has 0 atom stereocenters. The molecule has 3 N–H and O–H groups in total. The summed E-state index contributed by atoms with van der Waals surface area (Å²) in [4.78, 5) is 12.9. The van der Waals surface area contributed by atoms with Gasteiger partial charge in [-0.05, 0) is 35.4 Å². The number of benzene rings is 2. The molecule has 0 spiro atoms. The van der Waals surface area contributed by atoms with Crippen LogP contribution in [-0.4, -0.2) is 39.2 Å². The second-order valence-electron chi connectivity index (χ2n) is 6.93. The van der Waals surface area contributed by atoms with E-state index in [1.807, 2.05) is 24.3 Å². The van der Waals surface area contributed by atoms with E-state index in [0.717, 1.165) is 18.7 Å². The van der Waals surface area contributed by atoms with Crippen LogP contribution in [0.3, 0.4) is 0 Å². The summed E-state index contributed by atoms with van der Waals surface area (Å²) >= 11 is 0. The summed E-state index contributed by atoms with van der Waals surface area (Å²) in [7, 11) is 0. The average Bonchev–Trinajstić information content (AvgIpc) is 3.37. The number of hydrogen-bond acceptors (Lipinski definition) is 6. The Kier molecular flexibility index (Phi) is 5.88. The summed E-state index contributed by atoms with van der Waals surface area (Å²) in [5, 5.41) is 13.9. The average molecular weight is 417 g/mol. The van der Waals surface area contributed by atoms with E-state index in [1.165, 1.54) is 21.4 Å². The van der Waals surface area contributed by atoms with Gasteiger partial charge in [0, 0.05) is 19.0 Å². The molecule has 1 aliphatic rings. The number of hydrazine groups is 1. The lowest BCUT2D eigenvalue weighted by Gasteiger charge is -2.09. The van der Waals surface area contributed by atoms with Crippen molar-refractivity contribution in [2.75, 3.05) is 13.1 Å². The molecule has 2 heterocycles. The predicted molar refractivity (Wildman–Crippen MR) is 105 cm³/mol. The number of nitrogens with zero attached hydrogens (tertiary/aromatic N) is 3. The highest BCUT2D eigenvalue weighted by atomic mass is 19.3. The van der Waals surface area contributed by atoms with Crippen LogP contribution in [0.1, 0.15) is 22.9 Å². The minimum Gasteiger partial charge on any atom is -0.435 e. The largest absolute Gasteiger partial charge is 0.435 e. The molecule has 1 fully saturated rings. The standard InChI is InChI=1S/C20H21F2N5O3/c21-19(22)30-17-3-1-2-13(8-17)11-26-18(12-28)25-27(20(26)29)16-6-4-14(5-7-16)15-9-23-24-10-15/h1-8,15,19,23-24,28H,9-12H2. The Morgan fingerprint density at radius 1 is 1.17 bits per heavy atom. The zero-order valence-corrected chi connectivity index (χ0v) is 16.0. The third-order valence-electron chi connectivity index (χ3n) is 4.98. The number of halogens is 2. The first kappa shape index (κ1) is 20.2. The number of hydrogen-bond donors (Lipinski definition) is 3. The number of aliphatic hydroxyl groups is 1. The van der Waals surface area contributed by atoms with E-state index in [1.54, 1.807) is 12.1 Å². The van der Waals surface area contributed by atoms with Crippen LogP contribution in [-0.2, 0) is 13.2 Å². The van der Waals surface area contributed by atoms with Gasteiger partial charge in [0.1, 0.15) is 12.4 Å². The van der Waals surface area contributed by atoms with Crippen molar-refractivity contribution in [1.82, 2.24) is 25.2 Å². The van der Waals surface area contributed by atoms with Gasteiger partial charge >= 0.3 is 12.3 Å². The van der Waals surface area contributed by atoms with Crippen molar-refractivity contribution in [3.05, 3.63) is 76.0 Å². The van der Waals surface area contributed by atoms with Crippen molar-refractivity contribution in [2.24, 2.45) is 0 Å². The first-order chi connectivity index (χ1) is 14.5. The molecule has 1 aliphatic heterocycles. The van der Waals surface area contributed by atoms with Crippen LogP contribution in [0.4, 0.5) is 8.78 Å². The quantitative estimate of drug-likeness (QED) is 0.538. The molecule has 158 valence electrons. The van der Waals surface area contributed by atoms with Crippen LogP contribution < -0.4 is 21.3 Å². The van der Waals surface area contributed by atoms with E-state index < -0.39 is 18.9 Å². The zero-order chi connectivity index (χ0) is 21.1. The Balaban J connectivity index is 1.61. The normalized spacial score (nSPS) is 14.5. The highest BCUT2D eigenvalue weighted by Crippen LogP contribution is 2.19. The topological polar surface area (TPSA) is 93.3 Å². The zero-order valence-electron chi connectivity index (χ0n) is 16.0. The van der Waals surface area contributed by atoms with Gasteiger partial charge in [0.2, 0.25) is 0 Å². The summed E-state index contributed by atoms with van der Waals surface area (Å²) in [6, 6.07) is 13.6. The first-order valence-corrected chi connectivity index (χ1v) is 9.44. The minimum atomic E-state index is -2.93. The van der Waals surface area contributed by atoms with Gasteiger partial charge < -0.3 is 9.84 Å². The molecule has 0 bridgehead atoms. The summed E-state index contributed by atoms with van der Waals surface area (Å²) < 4.78 is 31.8. The fourth-order valence-electron chi connectivity index (χ4n) is 3.47. The first-order valence-electron chi connectivity index (χ1n) is 9.44. The fourth-order valence-corrected chi connectivity index (χ4v) is 3.47. The fraction of sp³-hybridized carbons (Fsp3) is 0.300. The lowest BCUT2D eigenvalue weighted by Crippen LogP contribution is -2.25. The van der Waals surface area contributed by atoms with Crippen LogP contribution >= 0.6 is 0 Å². The maximum absolute atomic E-state index is 12.9. The van der Waals surface area contributed by atoms with Gasteiger partial charge in [-0.2, -0.15) is 13.5 Å². The second kappa shape index (κ2) is 8.74. The van der Waals surface area contributed by atoms with Crippen molar-refractivity contribution in [3.63, 3.8) is 0 Å². The Morgan fingerprint density at radius 2 is 1.90 bits per heavy atom. The molecule has 10 heteroatoms. The molecule has 4 rings (SSSR count). The number of aliphatic hydroxyl groups excluding tert-OH is 1. The smallest absolute Gasteiger partial charge is 0.387 e. The summed E-state index contributed by atoms with van der Waals surface area (Å²) in [6.07, 6.45) is 0. The van der Waals surface area contributed by atoms with Gasteiger partial charge in [-0.15, -0.1) is 5.10 Å². The highest BCUT2D eigenvalue weighted by Gasteiger charge is 2.18. The Bertz CT molecular complexity index is 1060. The molecule has 0 aliphatic carbocycles. The Morgan fingerprint density at radius 3 is 2.57 bits per heavy atom. The van der Waals surface area contributed by atoms with Gasteiger partial charge in [-0.25, -0.2) is 4.79 Å². The molecular formula is C20H21F2N5O3. The van der Waals surface area contributed by atoms with Crippen molar-refractivity contribution >= 4 is 0 Å². The van der Waals surface area contributed by atoms with Crippen LogP contribution in [0, 0.1) is 0 Å². The second-order valence-corrected chi connectivity index (χ2v) is 6.93. The molecule has 0 unspecified atom stereocenters. The van der Waals surface area contributed by atoms with E-state index in [9.17, 15) is 18.7 Å². The van der Waals surface area contributed by atoms with Gasteiger partial charge in [-0.1, -0.05) is 24.3 Å². The van der Waals surface area contributed by atoms with E-state index in [4.69, 9.17) is 0 Å². The van der Waals surface area contributed by atoms with Gasteiger partial charge in [-0.3, -0.25) is 15.4 Å². The molecule has 1 aromatic heterocycles. The monoisotopic (exact) mass is 417 g/mol. The van der Waals surface area contributed by atoms with E-state index >= 15 is 0 Å². The summed E-state index contributed by atoms with van der Waals surface area (Å²) in [6.45, 7) is -1.65. The molecule has 0 radical (unpaired) electrons. The molecule has 1 saturated heterocycles. The van der Waals surface area contributed by atoms with E-state index in [-0.39, 0.29) is 18.1 Å². The molecule has 30 heavy (non-hydrogen) atoms. The predicted octanol–water partition coefficient (Wildman–Crippen LogP) is 1.37. The SMILES string of the molecule is O=c1n(-c2ccc(C3CNNC3)cc2)nc(CO)n1Cc1cccc(OC(F)F)c1.